The van der Waals surface area contributed by atoms with E-state index in [-0.39, 0.29) is 48.0 Å². The molecule has 15 heteroatoms. The highest BCUT2D eigenvalue weighted by atomic mass is 127. The zero-order valence-corrected chi connectivity index (χ0v) is 46.0. The highest BCUT2D eigenvalue weighted by Crippen LogP contribution is 2.39. The molecule has 1 saturated heterocycles. The molecule has 2 heterocycles. The molecule has 1 fully saturated rings. The van der Waals surface area contributed by atoms with E-state index in [2.05, 4.69) is 88.6 Å². The van der Waals surface area contributed by atoms with E-state index < -0.39 is 20.8 Å². The Morgan fingerprint density at radius 2 is 1.02 bits per heavy atom. The monoisotopic (exact) mass is 1070 g/mol. The molecule has 64 heavy (non-hydrogen) atoms. The van der Waals surface area contributed by atoms with E-state index in [0.717, 1.165) is 23.9 Å². The molecule has 0 amide bonds. The van der Waals surface area contributed by atoms with Gasteiger partial charge in [-0.25, -0.2) is 0 Å². The number of benzene rings is 4. The first kappa shape index (κ1) is 59.0. The summed E-state index contributed by atoms with van der Waals surface area (Å²) >= 11 is 0. The van der Waals surface area contributed by atoms with E-state index in [1.807, 2.05) is 104 Å². The summed E-state index contributed by atoms with van der Waals surface area (Å²) in [6, 6.07) is 39.0. The van der Waals surface area contributed by atoms with E-state index in [0.29, 0.717) is 18.5 Å². The van der Waals surface area contributed by atoms with Crippen LogP contribution >= 0.6 is 32.6 Å². The van der Waals surface area contributed by atoms with Crippen molar-refractivity contribution in [1.29, 1.82) is 0 Å². The Morgan fingerprint density at radius 1 is 0.625 bits per heavy atom. The molecule has 1 aromatic heterocycles. The van der Waals surface area contributed by atoms with Gasteiger partial charge in [-0.2, -0.15) is 0 Å². The van der Waals surface area contributed by atoms with Crippen LogP contribution in [-0.4, -0.2) is 84.4 Å². The number of anilines is 1. The van der Waals surface area contributed by atoms with Crippen LogP contribution < -0.4 is 47.6 Å². The number of para-hydroxylation sites is 2. The lowest BCUT2D eigenvalue weighted by molar-refractivity contribution is -0.0000202. The van der Waals surface area contributed by atoms with Crippen LogP contribution in [0, 0.1) is 0 Å². The van der Waals surface area contributed by atoms with Crippen molar-refractivity contribution in [1.82, 2.24) is 4.98 Å². The molecule has 0 N–H and O–H groups in total. The van der Waals surface area contributed by atoms with E-state index >= 15 is 0 Å². The van der Waals surface area contributed by atoms with Gasteiger partial charge in [0.1, 0.15) is 55.0 Å². The summed E-state index contributed by atoms with van der Waals surface area (Å²) in [5.41, 5.74) is 4.07. The Labute approximate surface area is 406 Å². The van der Waals surface area contributed by atoms with Crippen LogP contribution in [0.5, 0.6) is 23.0 Å². The van der Waals surface area contributed by atoms with Crippen molar-refractivity contribution in [3.63, 3.8) is 0 Å². The first-order valence-corrected chi connectivity index (χ1v) is 28.5. The number of nitrogens with zero attached hydrogens (tertiary/aromatic N) is 2. The molecule has 4 atom stereocenters. The van der Waals surface area contributed by atoms with Gasteiger partial charge in [0.05, 0.1) is 6.61 Å². The Kier molecular flexibility index (Phi) is 27.3. The molecule has 10 nitrogen and oxygen atoms in total. The van der Waals surface area contributed by atoms with Crippen LogP contribution in [0.15, 0.2) is 134 Å². The zero-order valence-electron chi connectivity index (χ0n) is 39.8. The molecular formula is C49H72IN2O8P4-. The van der Waals surface area contributed by atoms with Crippen LogP contribution in [0.4, 0.5) is 5.69 Å². The predicted octanol–water partition coefficient (Wildman–Crippen LogP) is 9.53. The summed E-state index contributed by atoms with van der Waals surface area (Å²) in [5, 5.41) is 0. The minimum absolute atomic E-state index is 0. The summed E-state index contributed by atoms with van der Waals surface area (Å²) in [4.78, 5) is 5.94. The number of pyridine rings is 1. The number of epoxide rings is 1. The molecule has 0 spiro atoms. The summed E-state index contributed by atoms with van der Waals surface area (Å²) in [5.74, 6) is 3.10. The molecule has 5 aromatic rings. The van der Waals surface area contributed by atoms with Gasteiger partial charge in [-0.3, -0.25) is 14.1 Å². The second-order valence-corrected chi connectivity index (χ2v) is 22.9. The Balaban J connectivity index is 0.000000456. The molecule has 0 radical (unpaired) electrons. The summed E-state index contributed by atoms with van der Waals surface area (Å²) < 4.78 is 56.3. The topological polar surface area (TPSA) is 109 Å². The van der Waals surface area contributed by atoms with E-state index in [1.54, 1.807) is 51.2 Å². The van der Waals surface area contributed by atoms with Gasteiger partial charge in [-0.15, -0.1) is 17.9 Å². The van der Waals surface area contributed by atoms with Crippen molar-refractivity contribution in [2.24, 2.45) is 0 Å². The molecule has 1 aliphatic heterocycles. The normalized spacial score (nSPS) is 13.4. The second-order valence-electron chi connectivity index (χ2n) is 17.5. The number of aromatic nitrogens is 1. The van der Waals surface area contributed by atoms with Crippen molar-refractivity contribution in [3.8, 4) is 23.0 Å². The van der Waals surface area contributed by atoms with Crippen molar-refractivity contribution in [3.05, 3.63) is 145 Å². The number of halogens is 1. The second kappa shape index (κ2) is 29.6. The van der Waals surface area contributed by atoms with Crippen molar-refractivity contribution < 1.29 is 61.1 Å². The third-order valence-corrected chi connectivity index (χ3v) is 10.0. The minimum atomic E-state index is -2.65. The average Bonchev–Trinajstić information content (AvgIpc) is 4.07. The number of hydrogen-bond acceptors (Lipinski definition) is 10. The van der Waals surface area contributed by atoms with E-state index in [4.69, 9.17) is 28.0 Å². The van der Waals surface area contributed by atoms with Crippen molar-refractivity contribution in [2.75, 3.05) is 72.1 Å². The van der Waals surface area contributed by atoms with Gasteiger partial charge in [0.15, 0.2) is 7.37 Å². The van der Waals surface area contributed by atoms with Crippen molar-refractivity contribution >= 4 is 38.3 Å². The minimum Gasteiger partial charge on any atom is -1.00 e. The first-order valence-electron chi connectivity index (χ1n) is 20.8. The van der Waals surface area contributed by atoms with Gasteiger partial charge in [0.2, 0.25) is 7.37 Å². The van der Waals surface area contributed by atoms with Gasteiger partial charge in [-0.1, -0.05) is 102 Å². The molecule has 0 bridgehead atoms. The lowest BCUT2D eigenvalue weighted by Gasteiger charge is -2.22. The summed E-state index contributed by atoms with van der Waals surface area (Å²) in [6.45, 7) is 21.6. The van der Waals surface area contributed by atoms with Gasteiger partial charge < -0.3 is 56.9 Å². The zero-order chi connectivity index (χ0) is 47.1. The quantitative estimate of drug-likeness (QED) is 0.0607. The number of ether oxygens (including phenoxy) is 4. The maximum absolute atomic E-state index is 12.1. The number of rotatable bonds is 14. The molecule has 4 aromatic carbocycles. The molecular weight excluding hydrogens is 995 g/mol. The predicted molar refractivity (Wildman–Crippen MR) is 272 cm³/mol. The fourth-order valence-corrected chi connectivity index (χ4v) is 6.67. The first-order chi connectivity index (χ1) is 29.6. The fraction of sp³-hybridized carbons (Fsp3) is 0.408. The van der Waals surface area contributed by atoms with Gasteiger partial charge in [0, 0.05) is 58.8 Å². The standard InChI is InChI=1S/C21H29O4P.C13H18O2.C8H11O2P.C7H10N2.HI.H4P2/c1-21(2,3)17-11-13-19(14-12-17)24-16-20(25-26(4,5)22)15-23-18-9-7-6-8-10-18;1-13(2,3)10-4-6-11(7-5-10)14-8-12-9-15-12;1-11(2,9)10-8-6-4-3-5-7-8;1-9(2)7-3-5-8-6-4-7;;1-2/h6-14,20H,15-16H2,1-5H3;4-7,12H,8-9H2,1-3H3;3-7H,1-2H3;3-6H,1-2H3;1H;1-2H2/p-1. The Morgan fingerprint density at radius 3 is 1.36 bits per heavy atom. The summed E-state index contributed by atoms with van der Waals surface area (Å²) in [7, 11) is 3.64. The van der Waals surface area contributed by atoms with E-state index in [9.17, 15) is 9.13 Å². The average molecular weight is 1070 g/mol. The molecule has 0 aliphatic carbocycles. The van der Waals surface area contributed by atoms with E-state index in [1.165, 1.54) is 16.8 Å². The molecule has 4 unspecified atom stereocenters. The molecule has 0 saturated carbocycles. The number of hydrogen-bond donors (Lipinski definition) is 0. The van der Waals surface area contributed by atoms with Gasteiger partial charge >= 0.3 is 0 Å². The van der Waals surface area contributed by atoms with Crippen LogP contribution in [0.2, 0.25) is 0 Å². The van der Waals surface area contributed by atoms with Crippen LogP contribution in [0.3, 0.4) is 0 Å². The third kappa shape index (κ3) is 27.5. The maximum atomic E-state index is 12.1. The summed E-state index contributed by atoms with van der Waals surface area (Å²) in [6.07, 6.45) is 3.48. The smallest absolute Gasteiger partial charge is 0.242 e. The molecule has 1 aliphatic rings. The molecule has 6 rings (SSSR count). The lowest BCUT2D eigenvalue weighted by Crippen LogP contribution is -3.00. The molecule has 354 valence electrons. The van der Waals surface area contributed by atoms with Gasteiger partial charge in [0.25, 0.3) is 0 Å². The fourth-order valence-electron chi connectivity index (χ4n) is 5.20. The van der Waals surface area contributed by atoms with Gasteiger partial charge in [-0.05, 0) is 82.6 Å². The Bertz CT molecular complexity index is 2050. The highest BCUT2D eigenvalue weighted by Gasteiger charge is 2.23. The van der Waals surface area contributed by atoms with Crippen LogP contribution in [0.1, 0.15) is 52.7 Å². The van der Waals surface area contributed by atoms with Crippen LogP contribution in [0.25, 0.3) is 0 Å². The van der Waals surface area contributed by atoms with Crippen molar-refractivity contribution in [2.45, 2.75) is 64.6 Å². The highest BCUT2D eigenvalue weighted by molar-refractivity contribution is 7.92. The maximum Gasteiger partial charge on any atom is 0.242 e. The largest absolute Gasteiger partial charge is 1.00 e. The SMILES string of the molecule is CC(C)(C)c1ccc(OCC(COc2ccccc2)OP(C)(C)=O)cc1.CC(C)(C)c1ccc(OCC2CO2)cc1.CN(C)c1ccncc1.CP(C)(=O)Oc1ccccc1.PP.[I-]. The van der Waals surface area contributed by atoms with Crippen LogP contribution in [-0.2, 0) is 29.2 Å². The lowest BCUT2D eigenvalue weighted by atomic mass is 9.87. The Hall–Kier alpha value is -3.00. The third-order valence-electron chi connectivity index (χ3n) is 8.54.